The molecule has 0 spiro atoms. The maximum Gasteiger partial charge on any atom is 0.446 e. The molecule has 1 rings (SSSR count). The van der Waals surface area contributed by atoms with Crippen molar-refractivity contribution in [2.24, 2.45) is 5.73 Å². The van der Waals surface area contributed by atoms with E-state index in [0.29, 0.717) is 0 Å². The Morgan fingerprint density at radius 1 is 1.17 bits per heavy atom. The summed E-state index contributed by atoms with van der Waals surface area (Å²) < 4.78 is 36.4. The first-order chi connectivity index (χ1) is 8.42. The summed E-state index contributed by atoms with van der Waals surface area (Å²) in [5, 5.41) is 0. The molecule has 0 unspecified atom stereocenters. The minimum Gasteiger partial charge on any atom is -0.324 e. The fourth-order valence-corrected chi connectivity index (χ4v) is 2.24. The van der Waals surface area contributed by atoms with Crippen molar-refractivity contribution >= 4 is 11.8 Å². The quantitative estimate of drug-likeness (QED) is 0.592. The van der Waals surface area contributed by atoms with Gasteiger partial charge in [0, 0.05) is 10.9 Å². The first-order valence-corrected chi connectivity index (χ1v) is 6.85. The standard InChI is InChI=1S/C13H18F3NS/c1-2-3-4-5-12(17)10-6-8-11(9-7-10)18-13(14,15)16/h6-9,12H,2-5,17H2,1H3/t12-/m1/s1. The van der Waals surface area contributed by atoms with Crippen LogP contribution >= 0.6 is 11.8 Å². The largest absolute Gasteiger partial charge is 0.446 e. The minimum absolute atomic E-state index is 0.0820. The van der Waals surface area contributed by atoms with E-state index in [9.17, 15) is 13.2 Å². The molecule has 0 fully saturated rings. The van der Waals surface area contributed by atoms with E-state index < -0.39 is 5.51 Å². The molecule has 0 aliphatic rings. The van der Waals surface area contributed by atoms with E-state index in [-0.39, 0.29) is 22.7 Å². The van der Waals surface area contributed by atoms with Gasteiger partial charge in [-0.05, 0) is 35.9 Å². The van der Waals surface area contributed by atoms with Crippen molar-refractivity contribution in [1.29, 1.82) is 0 Å². The Morgan fingerprint density at radius 3 is 2.28 bits per heavy atom. The molecule has 0 aliphatic carbocycles. The molecule has 0 saturated heterocycles. The second-order valence-corrected chi connectivity index (χ2v) is 5.36. The molecule has 0 amide bonds. The van der Waals surface area contributed by atoms with E-state index in [0.717, 1.165) is 31.2 Å². The molecule has 18 heavy (non-hydrogen) atoms. The SMILES string of the molecule is CCCCC[C@@H](N)c1ccc(SC(F)(F)F)cc1. The molecule has 102 valence electrons. The molecule has 0 heterocycles. The number of alkyl halides is 3. The highest BCUT2D eigenvalue weighted by Crippen LogP contribution is 2.37. The van der Waals surface area contributed by atoms with E-state index in [1.54, 1.807) is 12.1 Å². The van der Waals surface area contributed by atoms with Crippen LogP contribution in [0.3, 0.4) is 0 Å². The monoisotopic (exact) mass is 277 g/mol. The van der Waals surface area contributed by atoms with Gasteiger partial charge in [0.25, 0.3) is 0 Å². The Kier molecular flexibility index (Phi) is 6.02. The highest BCUT2D eigenvalue weighted by Gasteiger charge is 2.29. The average Bonchev–Trinajstić information content (AvgIpc) is 2.28. The molecule has 0 radical (unpaired) electrons. The van der Waals surface area contributed by atoms with Gasteiger partial charge < -0.3 is 5.73 Å². The lowest BCUT2D eigenvalue weighted by atomic mass is 10.0. The lowest BCUT2D eigenvalue weighted by molar-refractivity contribution is -0.0328. The van der Waals surface area contributed by atoms with Gasteiger partial charge in [0.1, 0.15) is 0 Å². The molecule has 0 aliphatic heterocycles. The number of benzene rings is 1. The highest BCUT2D eigenvalue weighted by atomic mass is 32.2. The van der Waals surface area contributed by atoms with Crippen LogP contribution in [0.5, 0.6) is 0 Å². The average molecular weight is 277 g/mol. The van der Waals surface area contributed by atoms with Crippen LogP contribution in [-0.4, -0.2) is 5.51 Å². The Morgan fingerprint density at radius 2 is 1.78 bits per heavy atom. The van der Waals surface area contributed by atoms with Crippen LogP contribution in [-0.2, 0) is 0 Å². The summed E-state index contributed by atoms with van der Waals surface area (Å²) in [5.41, 5.74) is 2.65. The third-order valence-electron chi connectivity index (χ3n) is 2.66. The number of hydrogen-bond acceptors (Lipinski definition) is 2. The Hall–Kier alpha value is -0.680. The predicted molar refractivity (Wildman–Crippen MR) is 69.4 cm³/mol. The smallest absolute Gasteiger partial charge is 0.324 e. The molecule has 0 saturated carbocycles. The van der Waals surface area contributed by atoms with Crippen LogP contribution in [0.1, 0.15) is 44.2 Å². The van der Waals surface area contributed by atoms with Crippen molar-refractivity contribution in [3.63, 3.8) is 0 Å². The van der Waals surface area contributed by atoms with Crippen LogP contribution < -0.4 is 5.73 Å². The third kappa shape index (κ3) is 5.78. The summed E-state index contributed by atoms with van der Waals surface area (Å²) in [6, 6.07) is 6.25. The molecular weight excluding hydrogens is 259 g/mol. The van der Waals surface area contributed by atoms with Gasteiger partial charge in [0.15, 0.2) is 0 Å². The minimum atomic E-state index is -4.23. The van der Waals surface area contributed by atoms with E-state index in [2.05, 4.69) is 6.92 Å². The number of hydrogen-bond donors (Lipinski definition) is 1. The molecule has 1 atom stereocenters. The first-order valence-electron chi connectivity index (χ1n) is 6.03. The van der Waals surface area contributed by atoms with Crippen LogP contribution in [0.4, 0.5) is 13.2 Å². The number of thioether (sulfide) groups is 1. The summed E-state index contributed by atoms with van der Waals surface area (Å²) >= 11 is -0.0982. The fourth-order valence-electron chi connectivity index (χ4n) is 1.70. The zero-order valence-corrected chi connectivity index (χ0v) is 11.2. The van der Waals surface area contributed by atoms with Gasteiger partial charge in [-0.25, -0.2) is 0 Å². The maximum absolute atomic E-state index is 12.1. The first kappa shape index (κ1) is 15.4. The van der Waals surface area contributed by atoms with Gasteiger partial charge >= 0.3 is 5.51 Å². The normalized spacial score (nSPS) is 13.6. The van der Waals surface area contributed by atoms with E-state index in [1.165, 1.54) is 12.1 Å². The second-order valence-electron chi connectivity index (χ2n) is 4.22. The van der Waals surface area contributed by atoms with Gasteiger partial charge in [-0.3, -0.25) is 0 Å². The Bertz CT molecular complexity index is 348. The molecule has 1 nitrogen and oxygen atoms in total. The van der Waals surface area contributed by atoms with Crippen LogP contribution in [0, 0.1) is 0 Å². The molecule has 0 aromatic heterocycles. The van der Waals surface area contributed by atoms with Crippen LogP contribution in [0.2, 0.25) is 0 Å². The highest BCUT2D eigenvalue weighted by molar-refractivity contribution is 8.00. The Labute approximate surface area is 110 Å². The second kappa shape index (κ2) is 7.04. The summed E-state index contributed by atoms with van der Waals surface area (Å²) in [4.78, 5) is 0.201. The maximum atomic E-state index is 12.1. The zero-order valence-electron chi connectivity index (χ0n) is 10.3. The van der Waals surface area contributed by atoms with Gasteiger partial charge in [-0.15, -0.1) is 0 Å². The number of unbranched alkanes of at least 4 members (excludes halogenated alkanes) is 2. The third-order valence-corrected chi connectivity index (χ3v) is 3.40. The van der Waals surface area contributed by atoms with E-state index in [1.807, 2.05) is 0 Å². The summed E-state index contributed by atoms with van der Waals surface area (Å²) in [6.45, 7) is 2.12. The lowest BCUT2D eigenvalue weighted by Gasteiger charge is -2.12. The number of nitrogens with two attached hydrogens (primary N) is 1. The fraction of sp³-hybridized carbons (Fsp3) is 0.538. The van der Waals surface area contributed by atoms with Gasteiger partial charge in [0.2, 0.25) is 0 Å². The molecule has 1 aromatic carbocycles. The summed E-state index contributed by atoms with van der Waals surface area (Å²) in [6.07, 6.45) is 4.19. The molecule has 1 aromatic rings. The van der Waals surface area contributed by atoms with Crippen molar-refractivity contribution < 1.29 is 13.2 Å². The lowest BCUT2D eigenvalue weighted by Crippen LogP contribution is -2.10. The predicted octanol–water partition coefficient (Wildman–Crippen LogP) is 4.88. The van der Waals surface area contributed by atoms with Gasteiger partial charge in [-0.2, -0.15) is 13.2 Å². The molecule has 2 N–H and O–H groups in total. The van der Waals surface area contributed by atoms with Gasteiger partial charge in [0.05, 0.1) is 0 Å². The van der Waals surface area contributed by atoms with E-state index in [4.69, 9.17) is 5.73 Å². The summed E-state index contributed by atoms with van der Waals surface area (Å²) in [7, 11) is 0. The van der Waals surface area contributed by atoms with E-state index >= 15 is 0 Å². The van der Waals surface area contributed by atoms with Crippen LogP contribution in [0.25, 0.3) is 0 Å². The number of rotatable bonds is 6. The van der Waals surface area contributed by atoms with Crippen molar-refractivity contribution in [3.05, 3.63) is 29.8 Å². The summed E-state index contributed by atoms with van der Waals surface area (Å²) in [5.74, 6) is 0. The Balaban J connectivity index is 2.54. The van der Waals surface area contributed by atoms with Crippen molar-refractivity contribution in [2.45, 2.75) is 49.1 Å². The molecular formula is C13H18F3NS. The topological polar surface area (TPSA) is 26.0 Å². The molecule has 0 bridgehead atoms. The van der Waals surface area contributed by atoms with Crippen LogP contribution in [0.15, 0.2) is 29.2 Å². The van der Waals surface area contributed by atoms with Crippen molar-refractivity contribution in [3.8, 4) is 0 Å². The molecule has 5 heteroatoms. The zero-order chi connectivity index (χ0) is 13.6. The number of halogens is 3. The van der Waals surface area contributed by atoms with Crippen molar-refractivity contribution in [2.75, 3.05) is 0 Å². The van der Waals surface area contributed by atoms with Crippen molar-refractivity contribution in [1.82, 2.24) is 0 Å². The van der Waals surface area contributed by atoms with Gasteiger partial charge in [-0.1, -0.05) is 38.3 Å².